The molecule has 0 bridgehead atoms. The summed E-state index contributed by atoms with van der Waals surface area (Å²) in [5.74, 6) is 1.42. The summed E-state index contributed by atoms with van der Waals surface area (Å²) in [5, 5.41) is 8.97. The van der Waals surface area contributed by atoms with E-state index in [4.69, 9.17) is 14.6 Å². The van der Waals surface area contributed by atoms with Crippen molar-refractivity contribution in [2.75, 3.05) is 27.4 Å². The molecular formula is C14H21NO4. The molecule has 1 aromatic carbocycles. The molecule has 0 aliphatic carbocycles. The lowest BCUT2D eigenvalue weighted by Crippen LogP contribution is -2.37. The number of hydrogen-bond donors (Lipinski definition) is 1. The molecule has 0 spiro atoms. The molecule has 1 N–H and O–H groups in total. The number of likely N-dealkylation sites (N-methyl/N-ethyl adjacent to an activating group) is 1. The molecule has 1 atom stereocenters. The van der Waals surface area contributed by atoms with Gasteiger partial charge in [-0.3, -0.25) is 4.79 Å². The van der Waals surface area contributed by atoms with Gasteiger partial charge in [-0.05, 0) is 31.2 Å². The largest absolute Gasteiger partial charge is 0.497 e. The van der Waals surface area contributed by atoms with Crippen LogP contribution in [-0.4, -0.2) is 49.3 Å². The number of methoxy groups -OCH3 is 1. The van der Waals surface area contributed by atoms with Crippen LogP contribution in [-0.2, 0) is 4.79 Å². The van der Waals surface area contributed by atoms with Gasteiger partial charge < -0.3 is 19.5 Å². The first-order chi connectivity index (χ1) is 9.08. The fourth-order valence-corrected chi connectivity index (χ4v) is 1.47. The minimum atomic E-state index is -0.173. The molecule has 0 radical (unpaired) electrons. The van der Waals surface area contributed by atoms with Crippen LogP contribution in [0.2, 0.25) is 0 Å². The molecule has 1 unspecified atom stereocenters. The molecule has 5 nitrogen and oxygen atoms in total. The van der Waals surface area contributed by atoms with Crippen LogP contribution in [0.3, 0.4) is 0 Å². The Morgan fingerprint density at radius 1 is 1.32 bits per heavy atom. The van der Waals surface area contributed by atoms with Crippen molar-refractivity contribution < 1.29 is 19.4 Å². The molecule has 0 aromatic heterocycles. The highest BCUT2D eigenvalue weighted by molar-refractivity contribution is 5.76. The van der Waals surface area contributed by atoms with Gasteiger partial charge in [-0.1, -0.05) is 0 Å². The van der Waals surface area contributed by atoms with Gasteiger partial charge in [0.2, 0.25) is 5.91 Å². The van der Waals surface area contributed by atoms with Gasteiger partial charge >= 0.3 is 0 Å². The number of aliphatic hydroxyl groups excluding tert-OH is 1. The standard InChI is InChI=1S/C14H21NO4/c1-11(10-16)15(2)14(17)8-9-19-13-6-4-12(18-3)5-7-13/h4-7,11,16H,8-10H2,1-3H3. The monoisotopic (exact) mass is 267 g/mol. The molecule has 0 aliphatic rings. The molecule has 1 aromatic rings. The second kappa shape index (κ2) is 7.63. The summed E-state index contributed by atoms with van der Waals surface area (Å²) in [4.78, 5) is 13.3. The first-order valence-corrected chi connectivity index (χ1v) is 6.22. The van der Waals surface area contributed by atoms with Crippen LogP contribution in [0.1, 0.15) is 13.3 Å². The number of aliphatic hydroxyl groups is 1. The summed E-state index contributed by atoms with van der Waals surface area (Å²) in [5.41, 5.74) is 0. The zero-order valence-corrected chi connectivity index (χ0v) is 11.6. The Kier molecular flexibility index (Phi) is 6.15. The Bertz CT molecular complexity index is 391. The van der Waals surface area contributed by atoms with Crippen LogP contribution in [0.25, 0.3) is 0 Å². The van der Waals surface area contributed by atoms with E-state index in [1.165, 1.54) is 4.90 Å². The van der Waals surface area contributed by atoms with Crippen LogP contribution >= 0.6 is 0 Å². The van der Waals surface area contributed by atoms with Crippen molar-refractivity contribution in [3.05, 3.63) is 24.3 Å². The van der Waals surface area contributed by atoms with Gasteiger partial charge in [0.25, 0.3) is 0 Å². The van der Waals surface area contributed by atoms with E-state index >= 15 is 0 Å². The summed E-state index contributed by atoms with van der Waals surface area (Å²) in [7, 11) is 3.28. The topological polar surface area (TPSA) is 59.0 Å². The quantitative estimate of drug-likeness (QED) is 0.809. The summed E-state index contributed by atoms with van der Waals surface area (Å²) >= 11 is 0. The third-order valence-corrected chi connectivity index (χ3v) is 2.96. The molecule has 1 rings (SSSR count). The maximum absolute atomic E-state index is 11.7. The molecule has 0 saturated heterocycles. The van der Waals surface area contributed by atoms with E-state index in [1.54, 1.807) is 45.3 Å². The van der Waals surface area contributed by atoms with Crippen molar-refractivity contribution in [2.45, 2.75) is 19.4 Å². The first-order valence-electron chi connectivity index (χ1n) is 6.22. The molecule has 19 heavy (non-hydrogen) atoms. The third kappa shape index (κ3) is 4.79. The predicted molar refractivity (Wildman–Crippen MR) is 72.4 cm³/mol. The van der Waals surface area contributed by atoms with Crippen LogP contribution in [0.4, 0.5) is 0 Å². The van der Waals surface area contributed by atoms with Gasteiger partial charge in [-0.15, -0.1) is 0 Å². The van der Waals surface area contributed by atoms with Crippen molar-refractivity contribution in [3.8, 4) is 11.5 Å². The van der Waals surface area contributed by atoms with E-state index in [0.29, 0.717) is 12.4 Å². The van der Waals surface area contributed by atoms with Crippen molar-refractivity contribution in [1.82, 2.24) is 4.90 Å². The number of carbonyl (C=O) groups excluding carboxylic acids is 1. The maximum atomic E-state index is 11.7. The zero-order chi connectivity index (χ0) is 14.3. The lowest BCUT2D eigenvalue weighted by molar-refractivity contribution is -0.132. The Labute approximate surface area is 113 Å². The zero-order valence-electron chi connectivity index (χ0n) is 11.6. The number of carbonyl (C=O) groups is 1. The van der Waals surface area contributed by atoms with Gasteiger partial charge in [-0.2, -0.15) is 0 Å². The molecule has 0 fully saturated rings. The summed E-state index contributed by atoms with van der Waals surface area (Å²) in [6, 6.07) is 7.02. The fraction of sp³-hybridized carbons (Fsp3) is 0.500. The molecule has 0 aliphatic heterocycles. The average Bonchev–Trinajstić information content (AvgIpc) is 2.46. The summed E-state index contributed by atoms with van der Waals surface area (Å²) in [6.45, 7) is 2.07. The number of benzene rings is 1. The molecule has 106 valence electrons. The van der Waals surface area contributed by atoms with Crippen molar-refractivity contribution >= 4 is 5.91 Å². The van der Waals surface area contributed by atoms with E-state index in [-0.39, 0.29) is 25.0 Å². The van der Waals surface area contributed by atoms with Gasteiger partial charge in [0.15, 0.2) is 0 Å². The number of nitrogens with zero attached hydrogens (tertiary/aromatic N) is 1. The van der Waals surface area contributed by atoms with Gasteiger partial charge in [0, 0.05) is 7.05 Å². The highest BCUT2D eigenvalue weighted by Crippen LogP contribution is 2.17. The second-order valence-corrected chi connectivity index (χ2v) is 4.31. The lowest BCUT2D eigenvalue weighted by Gasteiger charge is -2.23. The number of hydrogen-bond acceptors (Lipinski definition) is 4. The molecule has 1 amide bonds. The molecule has 0 heterocycles. The van der Waals surface area contributed by atoms with Crippen molar-refractivity contribution in [1.29, 1.82) is 0 Å². The van der Waals surface area contributed by atoms with Crippen LogP contribution in [0.5, 0.6) is 11.5 Å². The molecular weight excluding hydrogens is 246 g/mol. The third-order valence-electron chi connectivity index (χ3n) is 2.96. The summed E-state index contributed by atoms with van der Waals surface area (Å²) < 4.78 is 10.5. The SMILES string of the molecule is COc1ccc(OCCC(=O)N(C)C(C)CO)cc1. The second-order valence-electron chi connectivity index (χ2n) is 4.31. The normalized spacial score (nSPS) is 11.8. The molecule has 0 saturated carbocycles. The summed E-state index contributed by atoms with van der Waals surface area (Å²) in [6.07, 6.45) is 0.285. The maximum Gasteiger partial charge on any atom is 0.226 e. The van der Waals surface area contributed by atoms with Gasteiger partial charge in [-0.25, -0.2) is 0 Å². The van der Waals surface area contributed by atoms with Gasteiger partial charge in [0.1, 0.15) is 11.5 Å². The van der Waals surface area contributed by atoms with E-state index in [9.17, 15) is 4.79 Å². The number of ether oxygens (including phenoxy) is 2. The first kappa shape index (κ1) is 15.3. The van der Waals surface area contributed by atoms with E-state index in [2.05, 4.69) is 0 Å². The Hall–Kier alpha value is -1.75. The predicted octanol–water partition coefficient (Wildman–Crippen LogP) is 1.30. The lowest BCUT2D eigenvalue weighted by atomic mass is 10.3. The fourth-order valence-electron chi connectivity index (χ4n) is 1.47. The van der Waals surface area contributed by atoms with E-state index in [0.717, 1.165) is 5.75 Å². The minimum Gasteiger partial charge on any atom is -0.497 e. The highest BCUT2D eigenvalue weighted by Gasteiger charge is 2.14. The van der Waals surface area contributed by atoms with Crippen molar-refractivity contribution in [2.24, 2.45) is 0 Å². The molecule has 5 heteroatoms. The van der Waals surface area contributed by atoms with E-state index in [1.807, 2.05) is 0 Å². The highest BCUT2D eigenvalue weighted by atomic mass is 16.5. The van der Waals surface area contributed by atoms with E-state index < -0.39 is 0 Å². The van der Waals surface area contributed by atoms with Gasteiger partial charge in [0.05, 0.1) is 32.8 Å². The Balaban J connectivity index is 2.35. The van der Waals surface area contributed by atoms with Crippen molar-refractivity contribution in [3.63, 3.8) is 0 Å². The Morgan fingerprint density at radius 3 is 2.42 bits per heavy atom. The minimum absolute atomic E-state index is 0.0401. The average molecular weight is 267 g/mol. The van der Waals surface area contributed by atoms with Crippen LogP contribution < -0.4 is 9.47 Å². The van der Waals surface area contributed by atoms with Crippen LogP contribution in [0, 0.1) is 0 Å². The number of rotatable bonds is 7. The Morgan fingerprint density at radius 2 is 1.89 bits per heavy atom. The smallest absolute Gasteiger partial charge is 0.226 e. The number of amides is 1. The van der Waals surface area contributed by atoms with Crippen LogP contribution in [0.15, 0.2) is 24.3 Å².